The number of likely N-dealkylation sites (tertiary alicyclic amines) is 1. The molecule has 0 aliphatic carbocycles. The van der Waals surface area contributed by atoms with Gasteiger partial charge in [0, 0.05) is 25.5 Å². The van der Waals surface area contributed by atoms with Gasteiger partial charge in [0.05, 0.1) is 34.5 Å². The maximum atomic E-state index is 13.1. The van der Waals surface area contributed by atoms with Gasteiger partial charge in [-0.1, -0.05) is 30.3 Å². The Labute approximate surface area is 189 Å². The lowest BCUT2D eigenvalue weighted by molar-refractivity contribution is -0.126. The Balaban J connectivity index is 1.36. The molecule has 8 heteroatoms. The van der Waals surface area contributed by atoms with Crippen LogP contribution in [0, 0.1) is 11.3 Å². The van der Waals surface area contributed by atoms with Crippen molar-refractivity contribution in [2.24, 2.45) is 0 Å². The van der Waals surface area contributed by atoms with E-state index in [1.807, 2.05) is 30.3 Å². The molecule has 1 amide bonds. The lowest BCUT2D eigenvalue weighted by Crippen LogP contribution is -2.40. The van der Waals surface area contributed by atoms with Crippen LogP contribution in [-0.4, -0.2) is 44.6 Å². The van der Waals surface area contributed by atoms with Crippen molar-refractivity contribution in [3.63, 3.8) is 0 Å². The minimum atomic E-state index is -0.616. The number of carbonyl (C=O) groups excluding carboxylic acids is 2. The molecular formula is C25H19N5O3. The minimum absolute atomic E-state index is 0.215. The number of allylic oxidation sites excluding steroid dienone is 1. The first-order chi connectivity index (χ1) is 16.2. The van der Waals surface area contributed by atoms with Crippen LogP contribution < -0.4 is 0 Å². The minimum Gasteiger partial charge on any atom is -0.444 e. The number of H-pyrrole nitrogens is 1. The van der Waals surface area contributed by atoms with E-state index in [2.05, 4.69) is 21.0 Å². The third-order valence-corrected chi connectivity index (χ3v) is 5.85. The molecule has 4 aromatic rings. The zero-order chi connectivity index (χ0) is 22.8. The number of rotatable bonds is 4. The third-order valence-electron chi connectivity index (χ3n) is 5.85. The number of fused-ring (bicyclic) bond motifs is 1. The summed E-state index contributed by atoms with van der Waals surface area (Å²) in [6, 6.07) is 13.5. The Morgan fingerprint density at radius 3 is 2.55 bits per heavy atom. The summed E-state index contributed by atoms with van der Waals surface area (Å²) < 4.78 is 5.36. The Morgan fingerprint density at radius 1 is 1.06 bits per heavy atom. The average molecular weight is 437 g/mol. The topological polar surface area (TPSA) is 116 Å². The Hall–Kier alpha value is -4.51. The van der Waals surface area contributed by atoms with E-state index < -0.39 is 11.7 Å². The number of nitrogens with one attached hydrogen (secondary N) is 1. The normalized spacial score (nSPS) is 13.7. The van der Waals surface area contributed by atoms with Crippen LogP contribution in [0.3, 0.4) is 0 Å². The summed E-state index contributed by atoms with van der Waals surface area (Å²) in [7, 11) is 0. The molecule has 1 aliphatic heterocycles. The van der Waals surface area contributed by atoms with Gasteiger partial charge >= 0.3 is 0 Å². The SMILES string of the molecule is N#CC(=C1CCN(C(=O)C(=O)c2c[nH]c3c(-c4ncco4)ccnc23)CC1)c1ccccc1. The molecule has 0 radical (unpaired) electrons. The number of carbonyl (C=O) groups is 2. The number of hydrogen-bond acceptors (Lipinski definition) is 6. The van der Waals surface area contributed by atoms with Crippen molar-refractivity contribution in [2.75, 3.05) is 13.1 Å². The smallest absolute Gasteiger partial charge is 0.295 e. The van der Waals surface area contributed by atoms with E-state index in [1.165, 1.54) is 18.7 Å². The number of amides is 1. The summed E-state index contributed by atoms with van der Waals surface area (Å²) in [4.78, 5) is 39.1. The summed E-state index contributed by atoms with van der Waals surface area (Å²) in [6.45, 7) is 0.768. The lowest BCUT2D eigenvalue weighted by Gasteiger charge is -2.28. The third kappa shape index (κ3) is 3.70. The van der Waals surface area contributed by atoms with E-state index in [0.717, 1.165) is 11.1 Å². The van der Waals surface area contributed by atoms with Crippen LogP contribution in [0.25, 0.3) is 28.1 Å². The van der Waals surface area contributed by atoms with E-state index in [0.29, 0.717) is 54.0 Å². The van der Waals surface area contributed by atoms with Gasteiger partial charge in [-0.15, -0.1) is 0 Å². The Bertz CT molecular complexity index is 1400. The van der Waals surface area contributed by atoms with Crippen LogP contribution >= 0.6 is 0 Å². The number of benzene rings is 1. The summed E-state index contributed by atoms with van der Waals surface area (Å²) >= 11 is 0. The first-order valence-electron chi connectivity index (χ1n) is 10.5. The molecule has 5 rings (SSSR count). The molecule has 0 bridgehead atoms. The highest BCUT2D eigenvalue weighted by Crippen LogP contribution is 2.29. The molecule has 162 valence electrons. The zero-order valence-corrected chi connectivity index (χ0v) is 17.6. The number of pyridine rings is 1. The van der Waals surface area contributed by atoms with E-state index in [1.54, 1.807) is 17.2 Å². The van der Waals surface area contributed by atoms with Crippen LogP contribution in [0.2, 0.25) is 0 Å². The highest BCUT2D eigenvalue weighted by molar-refractivity contribution is 6.44. The molecule has 4 heterocycles. The molecular weight excluding hydrogens is 418 g/mol. The molecule has 0 unspecified atom stereocenters. The highest BCUT2D eigenvalue weighted by atomic mass is 16.3. The lowest BCUT2D eigenvalue weighted by atomic mass is 9.93. The number of hydrogen-bond donors (Lipinski definition) is 1. The van der Waals surface area contributed by atoms with Crippen LogP contribution in [0.1, 0.15) is 28.8 Å². The predicted octanol–water partition coefficient (Wildman–Crippen LogP) is 4.00. The van der Waals surface area contributed by atoms with Gasteiger partial charge in [-0.05, 0) is 30.0 Å². The summed E-state index contributed by atoms with van der Waals surface area (Å²) in [6.07, 6.45) is 7.17. The fraction of sp³-hybridized carbons (Fsp3) is 0.160. The molecule has 8 nitrogen and oxygen atoms in total. The quantitative estimate of drug-likeness (QED) is 0.293. The van der Waals surface area contributed by atoms with Crippen molar-refractivity contribution in [1.82, 2.24) is 19.9 Å². The van der Waals surface area contributed by atoms with Gasteiger partial charge < -0.3 is 14.3 Å². The largest absolute Gasteiger partial charge is 0.444 e. The van der Waals surface area contributed by atoms with Crippen LogP contribution in [0.4, 0.5) is 0 Å². The zero-order valence-electron chi connectivity index (χ0n) is 17.6. The molecule has 0 spiro atoms. The van der Waals surface area contributed by atoms with Gasteiger partial charge in [0.15, 0.2) is 0 Å². The maximum Gasteiger partial charge on any atom is 0.295 e. The van der Waals surface area contributed by atoms with Crippen molar-refractivity contribution in [2.45, 2.75) is 12.8 Å². The van der Waals surface area contributed by atoms with Gasteiger partial charge in [0.1, 0.15) is 11.8 Å². The molecule has 3 aromatic heterocycles. The second kappa shape index (κ2) is 8.55. The number of nitrogens with zero attached hydrogens (tertiary/aromatic N) is 4. The number of Topliss-reactive ketones (excluding diaryl/α,β-unsaturated/α-hetero) is 1. The van der Waals surface area contributed by atoms with Crippen LogP contribution in [0.5, 0.6) is 0 Å². The summed E-state index contributed by atoms with van der Waals surface area (Å²) in [5.41, 5.74) is 4.39. The van der Waals surface area contributed by atoms with Crippen LogP contribution in [0.15, 0.2) is 71.2 Å². The molecule has 1 aliphatic rings. The molecule has 1 saturated heterocycles. The number of nitriles is 1. The number of piperidine rings is 1. The Morgan fingerprint density at radius 2 is 1.85 bits per heavy atom. The Kier molecular flexibility index (Phi) is 5.29. The second-order valence-corrected chi connectivity index (χ2v) is 7.70. The fourth-order valence-corrected chi connectivity index (χ4v) is 4.17. The van der Waals surface area contributed by atoms with Gasteiger partial charge in [-0.2, -0.15) is 5.26 Å². The first-order valence-corrected chi connectivity index (χ1v) is 10.5. The van der Waals surface area contributed by atoms with E-state index in [-0.39, 0.29) is 5.56 Å². The molecule has 0 atom stereocenters. The molecule has 1 aromatic carbocycles. The van der Waals surface area contributed by atoms with E-state index in [4.69, 9.17) is 4.42 Å². The van der Waals surface area contributed by atoms with Crippen molar-refractivity contribution in [3.05, 3.63) is 78.0 Å². The summed E-state index contributed by atoms with van der Waals surface area (Å²) in [5, 5.41) is 9.65. The van der Waals surface area contributed by atoms with Gasteiger partial charge in [0.25, 0.3) is 11.7 Å². The van der Waals surface area contributed by atoms with Crippen molar-refractivity contribution in [3.8, 4) is 17.5 Å². The second-order valence-electron chi connectivity index (χ2n) is 7.70. The summed E-state index contributed by atoms with van der Waals surface area (Å²) in [5.74, 6) is -0.789. The predicted molar refractivity (Wildman–Crippen MR) is 121 cm³/mol. The van der Waals surface area contributed by atoms with E-state index >= 15 is 0 Å². The highest BCUT2D eigenvalue weighted by Gasteiger charge is 2.29. The number of aromatic nitrogens is 3. The standard InChI is InChI=1S/C25H19N5O3/c26-14-19(16-4-2-1-3-5-16)17-7-11-30(12-8-17)25(32)23(31)20-15-29-21-18(6-9-27-22(20)21)24-28-10-13-33-24/h1-6,9-10,13,15,29H,7-8,11-12H2. The first kappa shape index (κ1) is 20.4. The maximum absolute atomic E-state index is 13.1. The van der Waals surface area contributed by atoms with E-state index in [9.17, 15) is 14.9 Å². The molecule has 0 saturated carbocycles. The van der Waals surface area contributed by atoms with Crippen molar-refractivity contribution in [1.29, 1.82) is 5.26 Å². The molecule has 33 heavy (non-hydrogen) atoms. The molecule has 1 N–H and O–H groups in total. The molecule has 1 fully saturated rings. The monoisotopic (exact) mass is 437 g/mol. The van der Waals surface area contributed by atoms with Crippen molar-refractivity contribution < 1.29 is 14.0 Å². The fourth-order valence-electron chi connectivity index (χ4n) is 4.17. The van der Waals surface area contributed by atoms with Gasteiger partial charge in [0.2, 0.25) is 5.89 Å². The van der Waals surface area contributed by atoms with Crippen LogP contribution in [-0.2, 0) is 4.79 Å². The number of oxazole rings is 1. The van der Waals surface area contributed by atoms with Crippen molar-refractivity contribution >= 4 is 28.3 Å². The van der Waals surface area contributed by atoms with Gasteiger partial charge in [-0.25, -0.2) is 4.98 Å². The van der Waals surface area contributed by atoms with Gasteiger partial charge in [-0.3, -0.25) is 14.6 Å². The number of ketones is 1. The number of aromatic amines is 1. The average Bonchev–Trinajstić information content (AvgIpc) is 3.55.